The van der Waals surface area contributed by atoms with Gasteiger partial charge in [-0.2, -0.15) is 0 Å². The molecule has 4 N–H and O–H groups in total. The van der Waals surface area contributed by atoms with Crippen molar-refractivity contribution < 1.29 is 22.7 Å². The summed E-state index contributed by atoms with van der Waals surface area (Å²) in [6.45, 7) is 3.03. The molecule has 0 fully saturated rings. The average Bonchev–Trinajstić information content (AvgIpc) is 2.71. The van der Waals surface area contributed by atoms with E-state index in [-0.39, 0.29) is 4.90 Å². The lowest BCUT2D eigenvalue weighted by molar-refractivity contribution is -0.143. The third kappa shape index (κ3) is 4.65. The van der Waals surface area contributed by atoms with Crippen LogP contribution in [0.1, 0.15) is 13.8 Å². The number of methoxy groups -OCH3 is 1. The summed E-state index contributed by atoms with van der Waals surface area (Å²) in [7, 11) is -3.05. The van der Waals surface area contributed by atoms with Gasteiger partial charge in [0, 0.05) is 13.1 Å². The van der Waals surface area contributed by atoms with Gasteiger partial charge in [0.1, 0.15) is 11.5 Å². The second kappa shape index (κ2) is 10.1. The van der Waals surface area contributed by atoms with Gasteiger partial charge >= 0.3 is 5.97 Å². The summed E-state index contributed by atoms with van der Waals surface area (Å²) < 4.78 is 34.0. The lowest BCUT2D eigenvalue weighted by Crippen LogP contribution is -2.58. The molecule has 148 valence electrons. The van der Waals surface area contributed by atoms with E-state index in [0.29, 0.717) is 11.5 Å². The summed E-state index contributed by atoms with van der Waals surface area (Å²) in [5.41, 5.74) is 11.1. The largest absolute Gasteiger partial charge is 0.468 e. The summed E-state index contributed by atoms with van der Waals surface area (Å²) in [6, 6.07) is 14.7. The molecule has 0 heterocycles. The minimum absolute atomic E-state index is 0.0887. The highest BCUT2D eigenvalue weighted by Crippen LogP contribution is 2.29. The Morgan fingerprint density at radius 3 is 1.85 bits per heavy atom. The fourth-order valence-electron chi connectivity index (χ4n) is 2.30. The van der Waals surface area contributed by atoms with Crippen LogP contribution < -0.4 is 16.2 Å². The molecular weight excluding hydrogens is 368 g/mol. The van der Waals surface area contributed by atoms with Gasteiger partial charge in [0.05, 0.1) is 12.0 Å². The van der Waals surface area contributed by atoms with Crippen LogP contribution in [0.4, 0.5) is 0 Å². The first kappa shape index (κ1) is 22.6. The Morgan fingerprint density at radius 2 is 1.41 bits per heavy atom. The Labute approximate surface area is 160 Å². The van der Waals surface area contributed by atoms with Crippen LogP contribution in [0.5, 0.6) is 11.5 Å². The van der Waals surface area contributed by atoms with Gasteiger partial charge in [0.15, 0.2) is 14.6 Å². The SMILES string of the molecule is CC.COC(=O)C(CN)(CN)S(=O)(=O)c1ccc(Oc2ccccc2)cc1. The van der Waals surface area contributed by atoms with Crippen LogP contribution in [0.2, 0.25) is 0 Å². The van der Waals surface area contributed by atoms with Crippen molar-refractivity contribution in [2.24, 2.45) is 11.5 Å². The van der Waals surface area contributed by atoms with Gasteiger partial charge in [0.25, 0.3) is 0 Å². The molecule has 0 bridgehead atoms. The molecule has 0 aliphatic carbocycles. The highest BCUT2D eigenvalue weighted by atomic mass is 32.2. The molecule has 27 heavy (non-hydrogen) atoms. The standard InChI is InChI=1S/C17H20N2O5S.C2H6/c1-23-16(20)17(11-18,12-19)25(21,22)15-9-7-14(8-10-15)24-13-5-3-2-4-6-13;1-2/h2-10H,11-12,18-19H2,1H3;1-2H3. The number of para-hydroxylation sites is 1. The van der Waals surface area contributed by atoms with E-state index >= 15 is 0 Å². The van der Waals surface area contributed by atoms with E-state index in [1.54, 1.807) is 12.1 Å². The number of sulfone groups is 1. The third-order valence-corrected chi connectivity index (χ3v) is 6.27. The molecule has 8 heteroatoms. The van der Waals surface area contributed by atoms with E-state index in [2.05, 4.69) is 4.74 Å². The Morgan fingerprint density at radius 1 is 0.926 bits per heavy atom. The van der Waals surface area contributed by atoms with Crippen LogP contribution in [0, 0.1) is 0 Å². The number of rotatable bonds is 7. The van der Waals surface area contributed by atoms with E-state index in [1.807, 2.05) is 32.0 Å². The molecule has 0 amide bonds. The normalized spacial score (nSPS) is 11.1. The molecule has 0 saturated carbocycles. The highest BCUT2D eigenvalue weighted by Gasteiger charge is 2.50. The maximum Gasteiger partial charge on any atom is 0.330 e. The minimum atomic E-state index is -4.14. The molecule has 2 aromatic rings. The van der Waals surface area contributed by atoms with Crippen molar-refractivity contribution in [3.05, 3.63) is 54.6 Å². The molecule has 0 aliphatic rings. The smallest absolute Gasteiger partial charge is 0.330 e. The number of hydrogen-bond donors (Lipinski definition) is 2. The van der Waals surface area contributed by atoms with Crippen LogP contribution in [-0.4, -0.2) is 39.3 Å². The molecule has 0 radical (unpaired) electrons. The Bertz CT molecular complexity index is 817. The molecule has 0 unspecified atom stereocenters. The first-order valence-electron chi connectivity index (χ1n) is 8.47. The van der Waals surface area contributed by atoms with Crippen molar-refractivity contribution in [3.63, 3.8) is 0 Å². The van der Waals surface area contributed by atoms with E-state index < -0.39 is 33.6 Å². The number of carbonyl (C=O) groups is 1. The fourth-order valence-corrected chi connectivity index (χ4v) is 3.99. The van der Waals surface area contributed by atoms with E-state index in [4.69, 9.17) is 16.2 Å². The van der Waals surface area contributed by atoms with E-state index in [1.165, 1.54) is 24.3 Å². The van der Waals surface area contributed by atoms with Gasteiger partial charge in [-0.1, -0.05) is 32.0 Å². The second-order valence-corrected chi connectivity index (χ2v) is 7.54. The van der Waals surface area contributed by atoms with E-state index in [9.17, 15) is 13.2 Å². The molecule has 0 aromatic heterocycles. The maximum absolute atomic E-state index is 12.9. The fraction of sp³-hybridized carbons (Fsp3) is 0.316. The van der Waals surface area contributed by atoms with Crippen molar-refractivity contribution in [2.75, 3.05) is 20.2 Å². The zero-order valence-corrected chi connectivity index (χ0v) is 16.5. The Hall–Kier alpha value is -2.42. The summed E-state index contributed by atoms with van der Waals surface area (Å²) in [6.07, 6.45) is 0. The lowest BCUT2D eigenvalue weighted by Gasteiger charge is -2.27. The number of benzene rings is 2. The number of ether oxygens (including phenoxy) is 2. The molecule has 0 aliphatic heterocycles. The van der Waals surface area contributed by atoms with Crippen LogP contribution in [-0.2, 0) is 19.4 Å². The molecule has 2 aromatic carbocycles. The first-order valence-corrected chi connectivity index (χ1v) is 9.96. The topological polar surface area (TPSA) is 122 Å². The van der Waals surface area contributed by atoms with Gasteiger partial charge in [-0.3, -0.25) is 4.79 Å². The molecular formula is C19H26N2O5S. The number of carbonyl (C=O) groups excluding carboxylic acids is 1. The zero-order chi connectivity index (χ0) is 20.5. The Kier molecular flexibility index (Phi) is 8.42. The predicted octanol–water partition coefficient (Wildman–Crippen LogP) is 2.11. The highest BCUT2D eigenvalue weighted by molar-refractivity contribution is 7.93. The van der Waals surface area contributed by atoms with Gasteiger partial charge in [-0.25, -0.2) is 8.42 Å². The summed E-state index contributed by atoms with van der Waals surface area (Å²) >= 11 is 0. The average molecular weight is 394 g/mol. The number of nitrogens with two attached hydrogens (primary N) is 2. The van der Waals surface area contributed by atoms with Gasteiger partial charge in [-0.05, 0) is 36.4 Å². The van der Waals surface area contributed by atoms with Crippen LogP contribution >= 0.6 is 0 Å². The van der Waals surface area contributed by atoms with Crippen LogP contribution in [0.15, 0.2) is 59.5 Å². The van der Waals surface area contributed by atoms with Crippen LogP contribution in [0.3, 0.4) is 0 Å². The van der Waals surface area contributed by atoms with Crippen molar-refractivity contribution in [2.45, 2.75) is 23.5 Å². The molecule has 0 atom stereocenters. The van der Waals surface area contributed by atoms with E-state index in [0.717, 1.165) is 7.11 Å². The molecule has 0 saturated heterocycles. The monoisotopic (exact) mass is 394 g/mol. The lowest BCUT2D eigenvalue weighted by atomic mass is 10.1. The quantitative estimate of drug-likeness (QED) is 0.690. The number of hydrogen-bond acceptors (Lipinski definition) is 7. The summed E-state index contributed by atoms with van der Waals surface area (Å²) in [5, 5.41) is 0. The van der Waals surface area contributed by atoms with Crippen molar-refractivity contribution in [3.8, 4) is 11.5 Å². The van der Waals surface area contributed by atoms with Crippen molar-refractivity contribution in [1.82, 2.24) is 0 Å². The summed E-state index contributed by atoms with van der Waals surface area (Å²) in [4.78, 5) is 11.9. The van der Waals surface area contributed by atoms with Crippen molar-refractivity contribution >= 4 is 15.8 Å². The zero-order valence-electron chi connectivity index (χ0n) is 15.7. The molecule has 2 rings (SSSR count). The van der Waals surface area contributed by atoms with Crippen LogP contribution in [0.25, 0.3) is 0 Å². The van der Waals surface area contributed by atoms with Gasteiger partial charge in [-0.15, -0.1) is 0 Å². The number of esters is 1. The first-order chi connectivity index (χ1) is 12.9. The Balaban J connectivity index is 0.00000176. The predicted molar refractivity (Wildman–Crippen MR) is 104 cm³/mol. The minimum Gasteiger partial charge on any atom is -0.468 e. The summed E-state index contributed by atoms with van der Waals surface area (Å²) in [5.74, 6) is 0.0855. The van der Waals surface area contributed by atoms with Crippen molar-refractivity contribution in [1.29, 1.82) is 0 Å². The third-order valence-electron chi connectivity index (χ3n) is 3.84. The molecule has 0 spiro atoms. The maximum atomic E-state index is 12.9. The second-order valence-electron chi connectivity index (χ2n) is 5.28. The van der Waals surface area contributed by atoms with Gasteiger partial charge < -0.3 is 20.9 Å². The van der Waals surface area contributed by atoms with Gasteiger partial charge in [0.2, 0.25) is 0 Å². The molecule has 7 nitrogen and oxygen atoms in total.